The van der Waals surface area contributed by atoms with Gasteiger partial charge in [0.1, 0.15) is 5.60 Å². The summed E-state index contributed by atoms with van der Waals surface area (Å²) in [5.74, 6) is 0. The number of fused-ring (bicyclic) bond motifs is 2. The number of pyridine rings is 1. The van der Waals surface area contributed by atoms with Crippen molar-refractivity contribution in [1.82, 2.24) is 4.98 Å². The van der Waals surface area contributed by atoms with Crippen molar-refractivity contribution >= 4 is 33.5 Å². The lowest BCUT2D eigenvalue weighted by Gasteiger charge is -2.44. The molecule has 3 heterocycles. The van der Waals surface area contributed by atoms with Gasteiger partial charge in [0.2, 0.25) is 0 Å². The highest BCUT2D eigenvalue weighted by Crippen LogP contribution is 2.52. The summed E-state index contributed by atoms with van der Waals surface area (Å²) in [5.41, 5.74) is 9.38. The van der Waals surface area contributed by atoms with Gasteiger partial charge >= 0.3 is 0 Å². The van der Waals surface area contributed by atoms with Crippen molar-refractivity contribution in [2.75, 3.05) is 18.9 Å². The zero-order valence-corrected chi connectivity index (χ0v) is 30.0. The number of allylic oxidation sites excluding steroid dienone is 2. The van der Waals surface area contributed by atoms with Crippen LogP contribution in [-0.4, -0.2) is 46.0 Å². The van der Waals surface area contributed by atoms with Crippen LogP contribution in [0.1, 0.15) is 108 Å². The maximum Gasteiger partial charge on any atom is 0.192 e. The first-order valence-electron chi connectivity index (χ1n) is 16.6. The highest BCUT2D eigenvalue weighted by molar-refractivity contribution is 6.74. The van der Waals surface area contributed by atoms with Crippen molar-refractivity contribution in [1.29, 1.82) is 0 Å². The molecule has 4 atom stereocenters. The van der Waals surface area contributed by atoms with Crippen LogP contribution in [-0.2, 0) is 13.6 Å². The van der Waals surface area contributed by atoms with Crippen LogP contribution in [0.15, 0.2) is 24.3 Å². The standard InChI is InChI=1S/C34H58N2O3Si2/c1-30(2,3)40(9,10)37-23-33-19-20-34(39-33,24-38-41(11,12)31(4,5)6)22-26(21-33)28-14-13-27(35)29(36-28)25-15-17-32(7,8)18-16-25/h13-15,21H,16-20,22-24,35H2,1-12H3/i19D,20D. The Labute approximate surface area is 255 Å². The molecule has 0 radical (unpaired) electrons. The Kier molecular flexibility index (Phi) is 7.79. The molecule has 1 fully saturated rings. The Bertz CT molecular complexity index is 1280. The summed E-state index contributed by atoms with van der Waals surface area (Å²) in [5, 5.41) is 0.0330. The van der Waals surface area contributed by atoms with E-state index >= 15 is 0 Å². The molecule has 41 heavy (non-hydrogen) atoms. The van der Waals surface area contributed by atoms with Crippen LogP contribution in [0.4, 0.5) is 5.69 Å². The molecule has 0 saturated carbocycles. The van der Waals surface area contributed by atoms with Gasteiger partial charge in [0.05, 0.1) is 35.9 Å². The lowest BCUT2D eigenvalue weighted by atomic mass is 9.77. The highest BCUT2D eigenvalue weighted by atomic mass is 28.4. The van der Waals surface area contributed by atoms with Crippen molar-refractivity contribution in [2.45, 2.75) is 141 Å². The van der Waals surface area contributed by atoms with E-state index in [2.05, 4.69) is 93.7 Å². The molecule has 230 valence electrons. The highest BCUT2D eigenvalue weighted by Gasteiger charge is 2.54. The van der Waals surface area contributed by atoms with Gasteiger partial charge in [-0.1, -0.05) is 61.5 Å². The van der Waals surface area contributed by atoms with Gasteiger partial charge in [0, 0.05) is 9.16 Å². The summed E-state index contributed by atoms with van der Waals surface area (Å²) in [6.45, 7) is 27.4. The molecule has 7 heteroatoms. The SMILES string of the molecule is [2H]C1C([2H])C2(CO[Si](C)(C)C(C)(C)C)CC(c3ccc(N)c(C4=CCC(C)(C)CC4)n3)=CC1(CO[Si](C)(C)C(C)(C)C)O2. The minimum atomic E-state index is -2.15. The predicted molar refractivity (Wildman–Crippen MR) is 179 cm³/mol. The lowest BCUT2D eigenvalue weighted by Crippen LogP contribution is -2.50. The Hall–Kier alpha value is -1.26. The molecule has 1 aromatic heterocycles. The molecule has 3 aliphatic rings. The van der Waals surface area contributed by atoms with Crippen LogP contribution in [0.25, 0.3) is 11.1 Å². The molecule has 0 spiro atoms. The lowest BCUT2D eigenvalue weighted by molar-refractivity contribution is -0.119. The molecular weight excluding hydrogens is 541 g/mol. The third-order valence-electron chi connectivity index (χ3n) is 10.5. The van der Waals surface area contributed by atoms with Crippen molar-refractivity contribution in [3.8, 4) is 0 Å². The number of anilines is 1. The number of aromatic nitrogens is 1. The zero-order valence-electron chi connectivity index (χ0n) is 30.0. The van der Waals surface area contributed by atoms with Crippen molar-refractivity contribution < 1.29 is 16.3 Å². The maximum absolute atomic E-state index is 9.38. The fourth-order valence-electron chi connectivity index (χ4n) is 5.22. The Balaban J connectivity index is 1.77. The maximum atomic E-state index is 9.38. The van der Waals surface area contributed by atoms with Crippen LogP contribution in [0.2, 0.25) is 36.3 Å². The first-order valence-corrected chi connectivity index (χ1v) is 21.3. The van der Waals surface area contributed by atoms with E-state index in [9.17, 15) is 2.74 Å². The van der Waals surface area contributed by atoms with Gasteiger partial charge in [0.25, 0.3) is 0 Å². The van der Waals surface area contributed by atoms with E-state index in [-0.39, 0.29) is 28.7 Å². The van der Waals surface area contributed by atoms with Crippen LogP contribution >= 0.6 is 0 Å². The molecule has 2 aliphatic heterocycles. The van der Waals surface area contributed by atoms with Crippen molar-refractivity contribution in [2.24, 2.45) is 5.41 Å². The van der Waals surface area contributed by atoms with E-state index in [1.54, 1.807) is 0 Å². The van der Waals surface area contributed by atoms with Crippen LogP contribution < -0.4 is 5.73 Å². The van der Waals surface area contributed by atoms with E-state index in [1.165, 1.54) is 5.57 Å². The average molecular weight is 601 g/mol. The number of ether oxygens (including phenoxy) is 1. The summed E-state index contributed by atoms with van der Waals surface area (Å²) in [7, 11) is -4.30. The van der Waals surface area contributed by atoms with Gasteiger partial charge in [-0.3, -0.25) is 0 Å². The fraction of sp³-hybridized carbons (Fsp3) is 0.735. The van der Waals surface area contributed by atoms with Gasteiger partial charge in [0.15, 0.2) is 16.6 Å². The second kappa shape index (κ2) is 10.7. The first kappa shape index (κ1) is 29.8. The molecule has 2 N–H and O–H groups in total. The van der Waals surface area contributed by atoms with Gasteiger partial charge in [-0.2, -0.15) is 0 Å². The number of nitrogens with two attached hydrogens (primary N) is 1. The van der Waals surface area contributed by atoms with Crippen LogP contribution in [0.5, 0.6) is 0 Å². The van der Waals surface area contributed by atoms with Crippen LogP contribution in [0.3, 0.4) is 0 Å². The van der Waals surface area contributed by atoms with Gasteiger partial charge in [-0.15, -0.1) is 0 Å². The number of nitrogen functional groups attached to an aromatic ring is 1. The summed E-state index contributed by atoms with van der Waals surface area (Å²) < 4.78 is 39.2. The molecule has 1 saturated heterocycles. The molecule has 0 amide bonds. The van der Waals surface area contributed by atoms with E-state index in [4.69, 9.17) is 24.3 Å². The normalized spacial score (nSPS) is 31.3. The molecule has 1 aliphatic carbocycles. The second-order valence-electron chi connectivity index (χ2n) is 16.6. The summed E-state index contributed by atoms with van der Waals surface area (Å²) >= 11 is 0. The van der Waals surface area contributed by atoms with E-state index < -0.39 is 40.6 Å². The number of hydrogen-bond donors (Lipinski definition) is 1. The number of rotatable bonds is 8. The molecule has 0 aromatic carbocycles. The molecule has 4 rings (SSSR count). The van der Waals surface area contributed by atoms with Crippen molar-refractivity contribution in [3.05, 3.63) is 35.7 Å². The topological polar surface area (TPSA) is 66.6 Å². The Morgan fingerprint density at radius 2 is 1.56 bits per heavy atom. The average Bonchev–Trinajstić information content (AvgIpc) is 3.03. The molecule has 2 bridgehead atoms. The molecule has 1 aromatic rings. The monoisotopic (exact) mass is 600 g/mol. The zero-order chi connectivity index (χ0) is 32.4. The summed E-state index contributed by atoms with van der Waals surface area (Å²) in [6.07, 6.45) is 6.30. The summed E-state index contributed by atoms with van der Waals surface area (Å²) in [4.78, 5) is 5.17. The first-order chi connectivity index (χ1) is 19.4. The molecular formula is C34H58N2O3Si2. The second-order valence-corrected chi connectivity index (χ2v) is 26.3. The third-order valence-corrected chi connectivity index (χ3v) is 19.4. The smallest absolute Gasteiger partial charge is 0.192 e. The van der Waals surface area contributed by atoms with E-state index in [0.717, 1.165) is 36.2 Å². The summed E-state index contributed by atoms with van der Waals surface area (Å²) in [6, 6.07) is 3.95. The van der Waals surface area contributed by atoms with Gasteiger partial charge in [-0.05, 0) is 103 Å². The largest absolute Gasteiger partial charge is 0.414 e. The minimum absolute atomic E-state index is 0.0135. The molecule has 5 nitrogen and oxygen atoms in total. The third kappa shape index (κ3) is 6.95. The van der Waals surface area contributed by atoms with E-state index in [0.29, 0.717) is 12.1 Å². The molecule has 4 unspecified atom stereocenters. The van der Waals surface area contributed by atoms with Gasteiger partial charge in [-0.25, -0.2) is 4.98 Å². The fourth-order valence-corrected chi connectivity index (χ4v) is 7.28. The number of hydrogen-bond acceptors (Lipinski definition) is 5. The Morgan fingerprint density at radius 1 is 0.951 bits per heavy atom. The quantitative estimate of drug-likeness (QED) is 0.301. The Morgan fingerprint density at radius 3 is 2.12 bits per heavy atom. The predicted octanol–water partition coefficient (Wildman–Crippen LogP) is 9.38. The van der Waals surface area contributed by atoms with E-state index in [1.807, 2.05) is 12.1 Å². The van der Waals surface area contributed by atoms with Crippen molar-refractivity contribution in [3.63, 3.8) is 0 Å². The van der Waals surface area contributed by atoms with Gasteiger partial charge < -0.3 is 19.3 Å². The number of nitrogens with zero attached hydrogens (tertiary/aromatic N) is 1. The van der Waals surface area contributed by atoms with Crippen LogP contribution in [0, 0.1) is 5.41 Å². The minimum Gasteiger partial charge on any atom is -0.414 e.